The summed E-state index contributed by atoms with van der Waals surface area (Å²) in [6, 6.07) is 0. The fourth-order valence-electron chi connectivity index (χ4n) is 0.927. The van der Waals surface area contributed by atoms with Gasteiger partial charge in [-0.05, 0) is 19.9 Å². The Hall–Kier alpha value is -0.340. The van der Waals surface area contributed by atoms with Gasteiger partial charge in [-0.2, -0.15) is 0 Å². The second kappa shape index (κ2) is 7.76. The number of hydrogen-bond donors (Lipinski definition) is 1. The lowest BCUT2D eigenvalue weighted by molar-refractivity contribution is 0.242. The van der Waals surface area contributed by atoms with Crippen LogP contribution in [0.4, 0.5) is 0 Å². The van der Waals surface area contributed by atoms with E-state index >= 15 is 0 Å². The summed E-state index contributed by atoms with van der Waals surface area (Å²) in [6.07, 6.45) is 5.08. The van der Waals surface area contributed by atoms with Crippen LogP contribution >= 0.6 is 0 Å². The predicted molar refractivity (Wildman–Crippen MR) is 48.6 cm³/mol. The number of allylic oxidation sites excluding steroid dienone is 1. The van der Waals surface area contributed by atoms with Gasteiger partial charge in [-0.3, -0.25) is 4.90 Å². The van der Waals surface area contributed by atoms with Crippen molar-refractivity contribution in [2.45, 2.75) is 20.3 Å². The van der Waals surface area contributed by atoms with Crippen molar-refractivity contribution in [1.29, 1.82) is 0 Å². The number of aliphatic hydroxyl groups excluding tert-OH is 1. The molecule has 0 saturated carbocycles. The largest absolute Gasteiger partial charge is 0.396 e. The highest BCUT2D eigenvalue weighted by atomic mass is 16.3. The maximum absolute atomic E-state index is 8.59. The Balaban J connectivity index is 3.40. The quantitative estimate of drug-likeness (QED) is 0.587. The lowest BCUT2D eigenvalue weighted by Crippen LogP contribution is -2.25. The normalized spacial score (nSPS) is 11.6. The first kappa shape index (κ1) is 10.7. The fraction of sp³-hybridized carbons (Fsp3) is 0.778. The molecule has 2 heteroatoms. The van der Waals surface area contributed by atoms with Gasteiger partial charge < -0.3 is 5.11 Å². The zero-order valence-electron chi connectivity index (χ0n) is 7.58. The van der Waals surface area contributed by atoms with Gasteiger partial charge in [-0.1, -0.05) is 19.1 Å². The first-order valence-electron chi connectivity index (χ1n) is 4.29. The SMILES string of the molecule is C/C=C/CN(CC)CCCO. The molecule has 0 aromatic carbocycles. The molecule has 0 aromatic heterocycles. The highest BCUT2D eigenvalue weighted by molar-refractivity contribution is 4.80. The average Bonchev–Trinajstić information content (AvgIpc) is 2.05. The smallest absolute Gasteiger partial charge is 0.0443 e. The molecule has 0 amide bonds. The van der Waals surface area contributed by atoms with E-state index in [9.17, 15) is 0 Å². The Bertz CT molecular complexity index is 102. The number of nitrogens with zero attached hydrogens (tertiary/aromatic N) is 1. The van der Waals surface area contributed by atoms with Crippen LogP contribution in [0.3, 0.4) is 0 Å². The molecule has 11 heavy (non-hydrogen) atoms. The number of rotatable bonds is 6. The monoisotopic (exact) mass is 157 g/mol. The molecular formula is C9H19NO. The maximum Gasteiger partial charge on any atom is 0.0443 e. The van der Waals surface area contributed by atoms with E-state index < -0.39 is 0 Å². The first-order chi connectivity index (χ1) is 5.35. The molecule has 0 fully saturated rings. The van der Waals surface area contributed by atoms with Crippen LogP contribution in [0.5, 0.6) is 0 Å². The van der Waals surface area contributed by atoms with Gasteiger partial charge in [0.05, 0.1) is 0 Å². The molecule has 0 bridgehead atoms. The van der Waals surface area contributed by atoms with Crippen molar-refractivity contribution in [3.05, 3.63) is 12.2 Å². The summed E-state index contributed by atoms with van der Waals surface area (Å²) in [4.78, 5) is 2.30. The molecule has 0 radical (unpaired) electrons. The first-order valence-corrected chi connectivity index (χ1v) is 4.29. The molecule has 0 aliphatic carbocycles. The van der Waals surface area contributed by atoms with Gasteiger partial charge in [0.15, 0.2) is 0 Å². The number of likely N-dealkylation sites (N-methyl/N-ethyl adjacent to an activating group) is 1. The zero-order chi connectivity index (χ0) is 8.53. The Morgan fingerprint density at radius 1 is 1.45 bits per heavy atom. The summed E-state index contributed by atoms with van der Waals surface area (Å²) < 4.78 is 0. The van der Waals surface area contributed by atoms with Crippen LogP contribution in [0, 0.1) is 0 Å². The zero-order valence-corrected chi connectivity index (χ0v) is 7.58. The van der Waals surface area contributed by atoms with Gasteiger partial charge in [-0.25, -0.2) is 0 Å². The van der Waals surface area contributed by atoms with Gasteiger partial charge in [0.2, 0.25) is 0 Å². The summed E-state index contributed by atoms with van der Waals surface area (Å²) in [5.41, 5.74) is 0. The van der Waals surface area contributed by atoms with Crippen LogP contribution in [0.15, 0.2) is 12.2 Å². The minimum Gasteiger partial charge on any atom is -0.396 e. The molecule has 0 atom stereocenters. The van der Waals surface area contributed by atoms with Crippen LogP contribution < -0.4 is 0 Å². The van der Waals surface area contributed by atoms with E-state index in [1.54, 1.807) is 0 Å². The summed E-state index contributed by atoms with van der Waals surface area (Å²) in [6.45, 7) is 7.53. The molecule has 0 unspecified atom stereocenters. The minimum absolute atomic E-state index is 0.298. The van der Waals surface area contributed by atoms with Gasteiger partial charge in [0, 0.05) is 19.7 Å². The molecule has 0 aliphatic heterocycles. The van der Waals surface area contributed by atoms with E-state index in [1.807, 2.05) is 6.92 Å². The lowest BCUT2D eigenvalue weighted by Gasteiger charge is -2.17. The molecular weight excluding hydrogens is 138 g/mol. The third-order valence-electron chi connectivity index (χ3n) is 1.68. The van der Waals surface area contributed by atoms with Crippen molar-refractivity contribution >= 4 is 0 Å². The Morgan fingerprint density at radius 3 is 2.64 bits per heavy atom. The molecule has 0 aromatic rings. The standard InChI is InChI=1S/C9H19NO/c1-3-5-7-10(4-2)8-6-9-11/h3,5,11H,4,6-9H2,1-2H3/b5-3+. The molecule has 0 aliphatic rings. The van der Waals surface area contributed by atoms with Crippen LogP contribution in [-0.4, -0.2) is 36.2 Å². The number of aliphatic hydroxyl groups is 1. The molecule has 0 rings (SSSR count). The van der Waals surface area contributed by atoms with Crippen LogP contribution in [0.1, 0.15) is 20.3 Å². The molecule has 0 saturated heterocycles. The second-order valence-electron chi connectivity index (χ2n) is 2.54. The van der Waals surface area contributed by atoms with Crippen molar-refractivity contribution in [2.75, 3.05) is 26.2 Å². The highest BCUT2D eigenvalue weighted by Crippen LogP contribution is 1.90. The van der Waals surface area contributed by atoms with Crippen molar-refractivity contribution in [3.63, 3.8) is 0 Å². The van der Waals surface area contributed by atoms with Crippen molar-refractivity contribution < 1.29 is 5.11 Å². The molecule has 0 spiro atoms. The van der Waals surface area contributed by atoms with Crippen LogP contribution in [0.25, 0.3) is 0 Å². The van der Waals surface area contributed by atoms with E-state index in [4.69, 9.17) is 5.11 Å². The predicted octanol–water partition coefficient (Wildman–Crippen LogP) is 1.27. The van der Waals surface area contributed by atoms with Crippen molar-refractivity contribution in [3.8, 4) is 0 Å². The molecule has 0 heterocycles. The van der Waals surface area contributed by atoms with Gasteiger partial charge in [0.1, 0.15) is 0 Å². The van der Waals surface area contributed by atoms with Crippen molar-refractivity contribution in [2.24, 2.45) is 0 Å². The van der Waals surface area contributed by atoms with Gasteiger partial charge >= 0.3 is 0 Å². The molecule has 2 nitrogen and oxygen atoms in total. The Kier molecular flexibility index (Phi) is 7.52. The summed E-state index contributed by atoms with van der Waals surface area (Å²) >= 11 is 0. The van der Waals surface area contributed by atoms with Gasteiger partial charge in [-0.15, -0.1) is 0 Å². The van der Waals surface area contributed by atoms with E-state index in [2.05, 4.69) is 24.0 Å². The van der Waals surface area contributed by atoms with E-state index in [1.165, 1.54) is 0 Å². The van der Waals surface area contributed by atoms with E-state index in [-0.39, 0.29) is 0 Å². The van der Waals surface area contributed by atoms with Gasteiger partial charge in [0.25, 0.3) is 0 Å². The Morgan fingerprint density at radius 2 is 2.18 bits per heavy atom. The van der Waals surface area contributed by atoms with Crippen LogP contribution in [-0.2, 0) is 0 Å². The maximum atomic E-state index is 8.59. The summed E-state index contributed by atoms with van der Waals surface area (Å²) in [7, 11) is 0. The van der Waals surface area contributed by atoms with E-state index in [0.717, 1.165) is 26.1 Å². The van der Waals surface area contributed by atoms with Crippen molar-refractivity contribution in [1.82, 2.24) is 4.90 Å². The fourth-order valence-corrected chi connectivity index (χ4v) is 0.927. The lowest BCUT2D eigenvalue weighted by atomic mass is 10.3. The Labute approximate surface area is 69.5 Å². The van der Waals surface area contributed by atoms with Crippen LogP contribution in [0.2, 0.25) is 0 Å². The molecule has 1 N–H and O–H groups in total. The number of hydrogen-bond acceptors (Lipinski definition) is 2. The minimum atomic E-state index is 0.298. The average molecular weight is 157 g/mol. The highest BCUT2D eigenvalue weighted by Gasteiger charge is 1.96. The second-order valence-corrected chi connectivity index (χ2v) is 2.54. The summed E-state index contributed by atoms with van der Waals surface area (Å²) in [5, 5.41) is 8.59. The third kappa shape index (κ3) is 6.07. The summed E-state index contributed by atoms with van der Waals surface area (Å²) in [5.74, 6) is 0. The third-order valence-corrected chi connectivity index (χ3v) is 1.68. The topological polar surface area (TPSA) is 23.5 Å². The molecule has 66 valence electrons. The van der Waals surface area contributed by atoms with E-state index in [0.29, 0.717) is 6.61 Å².